The molecule has 0 heterocycles. The predicted octanol–water partition coefficient (Wildman–Crippen LogP) is 8.45. The highest BCUT2D eigenvalue weighted by Crippen LogP contribution is 2.76. The Morgan fingerprint density at radius 3 is 2.09 bits per heavy atom. The lowest BCUT2D eigenvalue weighted by molar-refractivity contribution is -0.243. The summed E-state index contributed by atoms with van der Waals surface area (Å²) in [6.07, 6.45) is 16.1. The summed E-state index contributed by atoms with van der Waals surface area (Å²) in [5.74, 6) is 3.68. The molecule has 5 saturated carbocycles. The van der Waals surface area contributed by atoms with Gasteiger partial charge in [0.05, 0.1) is 6.10 Å². The molecule has 9 atom stereocenters. The van der Waals surface area contributed by atoms with Crippen LogP contribution in [0.4, 0.5) is 0 Å². The van der Waals surface area contributed by atoms with Crippen molar-refractivity contribution in [3.05, 3.63) is 0 Å². The van der Waals surface area contributed by atoms with Gasteiger partial charge in [0.25, 0.3) is 0 Å². The number of rotatable bonds is 2. The lowest BCUT2D eigenvalue weighted by Gasteiger charge is -2.72. The highest BCUT2D eigenvalue weighted by atomic mass is 16.3. The van der Waals surface area contributed by atoms with Gasteiger partial charge in [-0.25, -0.2) is 0 Å². The zero-order valence-corrected chi connectivity index (χ0v) is 23.9. The molecule has 5 aliphatic rings. The van der Waals surface area contributed by atoms with Crippen LogP contribution in [0.25, 0.3) is 0 Å². The van der Waals surface area contributed by atoms with Gasteiger partial charge in [0, 0.05) is 5.41 Å². The molecule has 0 aromatic heterocycles. The fourth-order valence-electron chi connectivity index (χ4n) is 10.8. The van der Waals surface area contributed by atoms with Crippen molar-refractivity contribution < 1.29 is 9.90 Å². The van der Waals surface area contributed by atoms with Gasteiger partial charge in [-0.15, -0.1) is 0 Å². The van der Waals surface area contributed by atoms with Gasteiger partial charge < -0.3 is 9.90 Å². The summed E-state index contributed by atoms with van der Waals surface area (Å²) in [5.41, 5.74) is 1.18. The summed E-state index contributed by atoms with van der Waals surface area (Å²) in [6.45, 7) is 19.2. The van der Waals surface area contributed by atoms with Crippen LogP contribution in [-0.2, 0) is 4.79 Å². The molecule has 34 heavy (non-hydrogen) atoms. The van der Waals surface area contributed by atoms with Gasteiger partial charge >= 0.3 is 0 Å². The van der Waals surface area contributed by atoms with E-state index < -0.39 is 0 Å². The fraction of sp³-hybridized carbons (Fsp3) is 0.969. The predicted molar refractivity (Wildman–Crippen MR) is 142 cm³/mol. The number of aldehydes is 1. The summed E-state index contributed by atoms with van der Waals surface area (Å²) in [7, 11) is 0. The monoisotopic (exact) mass is 472 g/mol. The van der Waals surface area contributed by atoms with Crippen LogP contribution in [0, 0.1) is 56.7 Å². The Labute approximate surface area is 211 Å². The number of carbonyl (C=O) groups excluding carboxylic acids is 1. The summed E-state index contributed by atoms with van der Waals surface area (Å²) in [6, 6.07) is 0. The van der Waals surface area contributed by atoms with Crippen LogP contribution < -0.4 is 0 Å². The van der Waals surface area contributed by atoms with Crippen LogP contribution >= 0.6 is 0 Å². The minimum Gasteiger partial charge on any atom is -0.393 e. The van der Waals surface area contributed by atoms with Crippen LogP contribution in [0.1, 0.15) is 132 Å². The van der Waals surface area contributed by atoms with E-state index in [4.69, 9.17) is 0 Å². The van der Waals surface area contributed by atoms with E-state index in [0.717, 1.165) is 37.0 Å². The molecule has 0 bridgehead atoms. The lowest BCUT2D eigenvalue weighted by Crippen LogP contribution is -2.66. The Morgan fingerprint density at radius 1 is 0.794 bits per heavy atom. The van der Waals surface area contributed by atoms with Gasteiger partial charge in [-0.3, -0.25) is 0 Å². The van der Waals surface area contributed by atoms with Crippen molar-refractivity contribution in [2.45, 2.75) is 139 Å². The maximum absolute atomic E-state index is 12.2. The van der Waals surface area contributed by atoms with Gasteiger partial charge in [0.2, 0.25) is 0 Å². The quantitative estimate of drug-likeness (QED) is 0.409. The molecule has 1 N–H and O–H groups in total. The van der Waals surface area contributed by atoms with E-state index in [2.05, 4.69) is 55.4 Å². The molecule has 2 heteroatoms. The summed E-state index contributed by atoms with van der Waals surface area (Å²) >= 11 is 0. The number of hydrogen-bond acceptors (Lipinski definition) is 2. The van der Waals surface area contributed by atoms with Gasteiger partial charge in [-0.2, -0.15) is 0 Å². The molecule has 5 aliphatic carbocycles. The first kappa shape index (κ1) is 26.7. The van der Waals surface area contributed by atoms with Crippen LogP contribution in [0.3, 0.4) is 0 Å². The van der Waals surface area contributed by atoms with Crippen LogP contribution in [0.2, 0.25) is 0 Å². The molecule has 0 spiro atoms. The number of hydrogen-bond donors (Lipinski definition) is 1. The Hall–Kier alpha value is -0.370. The van der Waals surface area contributed by atoms with Crippen LogP contribution in [-0.4, -0.2) is 17.5 Å². The molecule has 0 aromatic rings. The zero-order valence-electron chi connectivity index (χ0n) is 23.9. The second-order valence-electron chi connectivity index (χ2n) is 15.2. The molecule has 0 saturated heterocycles. The van der Waals surface area contributed by atoms with Crippen molar-refractivity contribution in [2.75, 3.05) is 0 Å². The molecule has 0 radical (unpaired) electrons. The van der Waals surface area contributed by atoms with Crippen molar-refractivity contribution in [1.82, 2.24) is 0 Å². The normalized spacial score (nSPS) is 51.3. The SMILES string of the molecule is CC1(C)C2CC[C@]3(C)C(CCC4C5CCC[C@]5(C=O)CC[C@]43C)[C@@]2(C)CC[C@@H]1O.CCC(C)C. The Bertz CT molecular complexity index is 756. The largest absolute Gasteiger partial charge is 0.393 e. The summed E-state index contributed by atoms with van der Waals surface area (Å²) in [5, 5.41) is 10.8. The molecular weight excluding hydrogens is 416 g/mol. The molecule has 2 nitrogen and oxygen atoms in total. The Kier molecular flexibility index (Phi) is 6.97. The number of aliphatic hydroxyl groups is 1. The van der Waals surface area contributed by atoms with Crippen molar-refractivity contribution in [1.29, 1.82) is 0 Å². The highest BCUT2D eigenvalue weighted by molar-refractivity contribution is 5.61. The van der Waals surface area contributed by atoms with E-state index in [0.29, 0.717) is 28.1 Å². The second-order valence-corrected chi connectivity index (χ2v) is 15.2. The molecule has 0 amide bonds. The van der Waals surface area contributed by atoms with Crippen LogP contribution in [0.15, 0.2) is 0 Å². The molecule has 4 unspecified atom stereocenters. The minimum atomic E-state index is -0.141. The Morgan fingerprint density at radius 2 is 1.47 bits per heavy atom. The van der Waals surface area contributed by atoms with E-state index >= 15 is 0 Å². The average Bonchev–Trinajstić information content (AvgIpc) is 3.22. The third-order valence-corrected chi connectivity index (χ3v) is 13.5. The summed E-state index contributed by atoms with van der Waals surface area (Å²) in [4.78, 5) is 12.2. The molecule has 5 rings (SSSR count). The van der Waals surface area contributed by atoms with E-state index in [1.165, 1.54) is 64.1 Å². The minimum absolute atomic E-state index is 0.0193. The van der Waals surface area contributed by atoms with Gasteiger partial charge in [-0.1, -0.05) is 68.2 Å². The van der Waals surface area contributed by atoms with Gasteiger partial charge in [-0.05, 0) is 115 Å². The standard InChI is InChI=1S/C27H44O2.C5H12/c1-23(2)20-10-14-26(5)21(24(20,3)13-11-22(23)29)9-8-18-19-7-6-12-27(19,17-28)16-15-25(18,26)4;1-4-5(2)3/h17-22,29H,6-16H2,1-5H3;5H,4H2,1-3H3/t18?,19?,20?,21?,22-,24-,25+,26+,27+;/m0./s1. The van der Waals surface area contributed by atoms with Gasteiger partial charge in [0.15, 0.2) is 0 Å². The van der Waals surface area contributed by atoms with Crippen molar-refractivity contribution >= 4 is 6.29 Å². The number of aliphatic hydroxyl groups excluding tert-OH is 1. The van der Waals surface area contributed by atoms with Crippen molar-refractivity contribution in [3.8, 4) is 0 Å². The first-order valence-electron chi connectivity index (χ1n) is 15.0. The zero-order chi connectivity index (χ0) is 25.2. The third-order valence-electron chi connectivity index (χ3n) is 13.5. The maximum atomic E-state index is 12.2. The molecule has 5 fully saturated rings. The Balaban J connectivity index is 0.000000499. The first-order valence-corrected chi connectivity index (χ1v) is 15.0. The van der Waals surface area contributed by atoms with E-state index in [9.17, 15) is 9.90 Å². The maximum Gasteiger partial charge on any atom is 0.126 e. The van der Waals surface area contributed by atoms with E-state index in [1.807, 2.05) is 0 Å². The number of fused-ring (bicyclic) bond motifs is 7. The first-order chi connectivity index (χ1) is 15.8. The van der Waals surface area contributed by atoms with Crippen molar-refractivity contribution in [3.63, 3.8) is 0 Å². The van der Waals surface area contributed by atoms with Gasteiger partial charge in [0.1, 0.15) is 6.29 Å². The summed E-state index contributed by atoms with van der Waals surface area (Å²) < 4.78 is 0. The smallest absolute Gasteiger partial charge is 0.126 e. The molecule has 196 valence electrons. The van der Waals surface area contributed by atoms with Crippen molar-refractivity contribution in [2.24, 2.45) is 56.7 Å². The average molecular weight is 473 g/mol. The highest BCUT2D eigenvalue weighted by Gasteiger charge is 2.69. The molecular formula is C32H56O2. The van der Waals surface area contributed by atoms with Crippen LogP contribution in [0.5, 0.6) is 0 Å². The topological polar surface area (TPSA) is 37.3 Å². The molecule has 0 aliphatic heterocycles. The number of carbonyl (C=O) groups is 1. The van der Waals surface area contributed by atoms with E-state index in [1.54, 1.807) is 0 Å². The lowest BCUT2D eigenvalue weighted by atomic mass is 9.32. The molecule has 0 aromatic carbocycles. The van der Waals surface area contributed by atoms with E-state index in [-0.39, 0.29) is 16.9 Å². The fourth-order valence-corrected chi connectivity index (χ4v) is 10.8. The third kappa shape index (κ3) is 3.61. The second kappa shape index (κ2) is 8.88.